The summed E-state index contributed by atoms with van der Waals surface area (Å²) >= 11 is 0. The van der Waals surface area contributed by atoms with Crippen LogP contribution in [0.3, 0.4) is 0 Å². The van der Waals surface area contributed by atoms with Crippen molar-refractivity contribution in [1.82, 2.24) is 4.98 Å². The summed E-state index contributed by atoms with van der Waals surface area (Å²) in [6.45, 7) is 0. The summed E-state index contributed by atoms with van der Waals surface area (Å²) < 4.78 is 14.8. The molecule has 0 atom stereocenters. The fourth-order valence-corrected chi connectivity index (χ4v) is 10.4. The predicted octanol–water partition coefficient (Wildman–Crippen LogP) is 5.42. The minimum Gasteiger partial charge on any atom is -1.00 e. The van der Waals surface area contributed by atoms with Crippen molar-refractivity contribution < 1.29 is 21.4 Å². The molecule has 1 heterocycles. The van der Waals surface area contributed by atoms with Crippen LogP contribution in [0.4, 0.5) is 4.39 Å². The van der Waals surface area contributed by atoms with Gasteiger partial charge in [0.25, 0.3) is 0 Å². The van der Waals surface area contributed by atoms with E-state index in [1.54, 1.807) is 6.07 Å². The largest absolute Gasteiger partial charge is 1.00 e. The molecule has 202 valence electrons. The Morgan fingerprint density at radius 3 is 1.71 bits per heavy atom. The molecule has 0 saturated heterocycles. The van der Waals surface area contributed by atoms with E-state index < -0.39 is 7.26 Å². The van der Waals surface area contributed by atoms with E-state index in [2.05, 4.69) is 121 Å². The first kappa shape index (κ1) is 27.5. The van der Waals surface area contributed by atoms with Crippen LogP contribution in [0.2, 0.25) is 0 Å². The Balaban J connectivity index is 0.00000302. The minimum atomic E-state index is -2.19. The van der Waals surface area contributed by atoms with E-state index in [1.165, 1.54) is 33.2 Å². The molecule has 0 unspecified atom stereocenters. The first-order valence-electron chi connectivity index (χ1n) is 14.0. The topological polar surface area (TPSA) is 12.9 Å². The van der Waals surface area contributed by atoms with Gasteiger partial charge in [-0.05, 0) is 78.6 Å². The third-order valence-electron chi connectivity index (χ3n) is 8.09. The molecule has 1 fully saturated rings. The Hall–Kier alpha value is -3.65. The number of benzene rings is 5. The molecule has 4 heteroatoms. The van der Waals surface area contributed by atoms with Crippen molar-refractivity contribution in [2.24, 2.45) is 0 Å². The van der Waals surface area contributed by atoms with Gasteiger partial charge < -0.3 is 17.0 Å². The molecule has 1 saturated carbocycles. The van der Waals surface area contributed by atoms with Crippen LogP contribution in [0.15, 0.2) is 140 Å². The van der Waals surface area contributed by atoms with Gasteiger partial charge in [0, 0.05) is 16.9 Å². The third-order valence-corrected chi connectivity index (χ3v) is 12.4. The monoisotopic (exact) mass is 617 g/mol. The molecule has 1 aliphatic carbocycles. The lowest BCUT2D eigenvalue weighted by Crippen LogP contribution is -3.00. The molecule has 0 radical (unpaired) electrons. The lowest BCUT2D eigenvalue weighted by atomic mass is 9.93. The summed E-state index contributed by atoms with van der Waals surface area (Å²) in [4.78, 5) is 5.33. The number of rotatable bonds is 7. The van der Waals surface area contributed by atoms with Crippen LogP contribution < -0.4 is 32.9 Å². The lowest BCUT2D eigenvalue weighted by Gasteiger charge is -2.30. The van der Waals surface area contributed by atoms with Crippen LogP contribution in [0, 0.1) is 5.82 Å². The van der Waals surface area contributed by atoms with Crippen LogP contribution in [0.1, 0.15) is 30.0 Å². The highest BCUT2D eigenvalue weighted by Gasteiger charge is 2.47. The second-order valence-electron chi connectivity index (χ2n) is 10.6. The fraction of sp³-hybridized carbons (Fsp3) is 0.108. The SMILES string of the molecule is Fc1cccc(-c2c(C[P+](c3ccccc3)(c3ccccc3)c3ccccc3)c(C3CC3)nc3ccccc23)c1.[Br-]. The maximum atomic E-state index is 14.8. The van der Waals surface area contributed by atoms with Crippen LogP contribution in [-0.4, -0.2) is 4.98 Å². The molecule has 0 amide bonds. The van der Waals surface area contributed by atoms with Gasteiger partial charge in [0.15, 0.2) is 0 Å². The number of pyridine rings is 1. The zero-order valence-electron chi connectivity index (χ0n) is 22.6. The average molecular weight is 619 g/mol. The Morgan fingerprint density at radius 1 is 0.634 bits per heavy atom. The van der Waals surface area contributed by atoms with Crippen LogP contribution >= 0.6 is 7.26 Å². The van der Waals surface area contributed by atoms with Crippen molar-refractivity contribution in [1.29, 1.82) is 0 Å². The summed E-state index contributed by atoms with van der Waals surface area (Å²) in [7, 11) is -2.19. The summed E-state index contributed by atoms with van der Waals surface area (Å²) in [6.07, 6.45) is 3.11. The van der Waals surface area contributed by atoms with Gasteiger partial charge in [0.1, 0.15) is 35.2 Å². The molecular formula is C37H30BrFNP. The van der Waals surface area contributed by atoms with Crippen molar-refractivity contribution in [2.45, 2.75) is 24.9 Å². The standard InChI is InChI=1S/C37H30FNP.BrH/c38-29-14-12-13-28(25-29)36-33-21-10-11-22-35(33)39-37(27-23-24-27)34(36)26-40(30-15-4-1-5-16-30,31-17-6-2-7-18-31)32-19-8-3-9-20-32;/h1-22,25,27H,23-24,26H2;1H/q+1;/p-1. The van der Waals surface area contributed by atoms with Crippen molar-refractivity contribution in [3.05, 3.63) is 157 Å². The van der Waals surface area contributed by atoms with Gasteiger partial charge in [-0.3, -0.25) is 4.98 Å². The molecule has 1 nitrogen and oxygen atoms in total. The highest BCUT2D eigenvalue weighted by Crippen LogP contribution is 2.60. The van der Waals surface area contributed by atoms with E-state index in [4.69, 9.17) is 4.98 Å². The fourth-order valence-electron chi connectivity index (χ4n) is 6.10. The number of hydrogen-bond acceptors (Lipinski definition) is 1. The second-order valence-corrected chi connectivity index (χ2v) is 14.1. The third kappa shape index (κ3) is 5.14. The summed E-state index contributed by atoms with van der Waals surface area (Å²) in [5, 5.41) is 5.10. The predicted molar refractivity (Wildman–Crippen MR) is 168 cm³/mol. The molecular weight excluding hydrogens is 588 g/mol. The van der Waals surface area contributed by atoms with E-state index in [-0.39, 0.29) is 22.8 Å². The minimum absolute atomic E-state index is 0. The van der Waals surface area contributed by atoms with Gasteiger partial charge in [-0.2, -0.15) is 0 Å². The van der Waals surface area contributed by atoms with Crippen LogP contribution in [0.5, 0.6) is 0 Å². The molecule has 41 heavy (non-hydrogen) atoms. The Kier molecular flexibility index (Phi) is 7.84. The molecule has 0 N–H and O–H groups in total. The van der Waals surface area contributed by atoms with E-state index >= 15 is 0 Å². The van der Waals surface area contributed by atoms with Gasteiger partial charge in [-0.1, -0.05) is 84.9 Å². The van der Waals surface area contributed by atoms with Crippen molar-refractivity contribution in [2.75, 3.05) is 0 Å². The molecule has 1 aromatic heterocycles. The van der Waals surface area contributed by atoms with E-state index in [9.17, 15) is 4.39 Å². The number of para-hydroxylation sites is 1. The molecule has 7 rings (SSSR count). The number of nitrogens with zero attached hydrogens (tertiary/aromatic N) is 1. The number of hydrogen-bond donors (Lipinski definition) is 0. The molecule has 0 bridgehead atoms. The smallest absolute Gasteiger partial charge is 0.123 e. The molecule has 0 spiro atoms. The number of fused-ring (bicyclic) bond motifs is 1. The molecule has 0 aliphatic heterocycles. The number of halogens is 2. The van der Waals surface area contributed by atoms with Crippen LogP contribution in [-0.2, 0) is 6.16 Å². The Bertz CT molecular complexity index is 1690. The second kappa shape index (κ2) is 11.7. The maximum Gasteiger partial charge on any atom is 0.123 e. The average Bonchev–Trinajstić information content (AvgIpc) is 3.86. The maximum absolute atomic E-state index is 14.8. The van der Waals surface area contributed by atoms with Gasteiger partial charge in [0.05, 0.1) is 11.2 Å². The lowest BCUT2D eigenvalue weighted by molar-refractivity contribution is -0.00000834. The number of aromatic nitrogens is 1. The first-order valence-corrected chi connectivity index (χ1v) is 15.9. The quantitative estimate of drug-likeness (QED) is 0.218. The van der Waals surface area contributed by atoms with Crippen molar-refractivity contribution >= 4 is 34.1 Å². The Labute approximate surface area is 252 Å². The zero-order valence-corrected chi connectivity index (χ0v) is 25.1. The van der Waals surface area contributed by atoms with Gasteiger partial charge in [-0.25, -0.2) is 4.39 Å². The molecule has 1 aliphatic rings. The normalized spacial score (nSPS) is 13.1. The molecule has 5 aromatic carbocycles. The van der Waals surface area contributed by atoms with Crippen molar-refractivity contribution in [3.63, 3.8) is 0 Å². The highest BCUT2D eigenvalue weighted by molar-refractivity contribution is 7.95. The zero-order chi connectivity index (χ0) is 26.9. The van der Waals surface area contributed by atoms with Crippen LogP contribution in [0.25, 0.3) is 22.0 Å². The first-order chi connectivity index (χ1) is 19.7. The van der Waals surface area contributed by atoms with E-state index in [1.807, 2.05) is 6.07 Å². The summed E-state index contributed by atoms with van der Waals surface area (Å²) in [6, 6.07) is 48.5. The summed E-state index contributed by atoms with van der Waals surface area (Å²) in [5.41, 5.74) is 5.47. The van der Waals surface area contributed by atoms with Gasteiger partial charge in [0.2, 0.25) is 0 Å². The van der Waals surface area contributed by atoms with E-state index in [0.717, 1.165) is 41.0 Å². The van der Waals surface area contributed by atoms with Crippen molar-refractivity contribution in [3.8, 4) is 11.1 Å². The van der Waals surface area contributed by atoms with Gasteiger partial charge >= 0.3 is 0 Å². The molecule has 6 aromatic rings. The highest BCUT2D eigenvalue weighted by atomic mass is 79.9. The van der Waals surface area contributed by atoms with E-state index in [0.29, 0.717) is 5.92 Å². The summed E-state index contributed by atoms with van der Waals surface area (Å²) in [5.74, 6) is 0.226. The Morgan fingerprint density at radius 2 is 1.17 bits per heavy atom. The van der Waals surface area contributed by atoms with Gasteiger partial charge in [-0.15, -0.1) is 0 Å².